The van der Waals surface area contributed by atoms with Gasteiger partial charge in [0.2, 0.25) is 5.82 Å². The Hall–Kier alpha value is -1.40. The predicted octanol–water partition coefficient (Wildman–Crippen LogP) is 2.09. The lowest BCUT2D eigenvalue weighted by molar-refractivity contribution is 0.109. The van der Waals surface area contributed by atoms with Gasteiger partial charge in [-0.15, -0.1) is 11.3 Å². The van der Waals surface area contributed by atoms with Crippen LogP contribution in [0.15, 0.2) is 16.0 Å². The fourth-order valence-electron chi connectivity index (χ4n) is 1.09. The maximum Gasteiger partial charge on any atom is 0.270 e. The van der Waals surface area contributed by atoms with E-state index in [-0.39, 0.29) is 6.10 Å². The smallest absolute Gasteiger partial charge is 0.270 e. The van der Waals surface area contributed by atoms with Crippen LogP contribution < -0.4 is 5.73 Å². The molecule has 0 radical (unpaired) electrons. The highest BCUT2D eigenvalue weighted by Crippen LogP contribution is 2.30. The molecule has 6 heteroatoms. The van der Waals surface area contributed by atoms with Crippen molar-refractivity contribution in [3.05, 3.63) is 17.3 Å². The van der Waals surface area contributed by atoms with Gasteiger partial charge in [0.15, 0.2) is 0 Å². The normalized spacial score (nSPS) is 12.9. The number of thiophene rings is 1. The first kappa shape index (κ1) is 10.1. The largest absolute Gasteiger partial charge is 0.397 e. The van der Waals surface area contributed by atoms with E-state index in [1.54, 1.807) is 7.11 Å². The molecule has 0 amide bonds. The molecule has 1 unspecified atom stereocenters. The van der Waals surface area contributed by atoms with Crippen LogP contribution in [-0.2, 0) is 4.74 Å². The second-order valence-corrected chi connectivity index (χ2v) is 3.96. The van der Waals surface area contributed by atoms with Crippen LogP contribution in [0.1, 0.15) is 18.9 Å². The summed E-state index contributed by atoms with van der Waals surface area (Å²) in [5.74, 6) is 0.974. The predicted molar refractivity (Wildman–Crippen MR) is 57.4 cm³/mol. The Balaban J connectivity index is 2.32. The lowest BCUT2D eigenvalue weighted by Crippen LogP contribution is -1.97. The third-order valence-electron chi connectivity index (χ3n) is 2.05. The molecule has 0 aliphatic carbocycles. The molecule has 0 aromatic carbocycles. The van der Waals surface area contributed by atoms with Gasteiger partial charge >= 0.3 is 0 Å². The Morgan fingerprint density at radius 2 is 2.40 bits per heavy atom. The number of hydrogen-bond donors (Lipinski definition) is 1. The topological polar surface area (TPSA) is 74.2 Å². The molecule has 0 aliphatic heterocycles. The molecule has 2 rings (SSSR count). The number of hydrogen-bond acceptors (Lipinski definition) is 6. The average Bonchev–Trinajstić information content (AvgIpc) is 2.84. The quantitative estimate of drug-likeness (QED) is 0.865. The second-order valence-electron chi connectivity index (χ2n) is 3.04. The average molecular weight is 225 g/mol. The van der Waals surface area contributed by atoms with Crippen molar-refractivity contribution < 1.29 is 9.26 Å². The fraction of sp³-hybridized carbons (Fsp3) is 0.333. The Bertz CT molecular complexity index is 452. The van der Waals surface area contributed by atoms with Crippen molar-refractivity contribution in [3.8, 4) is 10.8 Å². The van der Waals surface area contributed by atoms with Crippen molar-refractivity contribution in [2.24, 2.45) is 0 Å². The first-order valence-electron chi connectivity index (χ1n) is 4.42. The summed E-state index contributed by atoms with van der Waals surface area (Å²) >= 11 is 1.47. The lowest BCUT2D eigenvalue weighted by Gasteiger charge is -2.00. The van der Waals surface area contributed by atoms with Crippen LogP contribution in [0.25, 0.3) is 10.8 Å². The highest BCUT2D eigenvalue weighted by Gasteiger charge is 2.16. The van der Waals surface area contributed by atoms with Gasteiger partial charge in [0, 0.05) is 7.11 Å². The minimum atomic E-state index is -0.177. The molecule has 0 bridgehead atoms. The molecular formula is C9H11N3O2S. The lowest BCUT2D eigenvalue weighted by atomic mass is 10.4. The van der Waals surface area contributed by atoms with E-state index in [1.165, 1.54) is 11.3 Å². The Kier molecular flexibility index (Phi) is 2.70. The molecule has 15 heavy (non-hydrogen) atoms. The monoisotopic (exact) mass is 225 g/mol. The number of nitrogens with zero attached hydrogens (tertiary/aromatic N) is 2. The summed E-state index contributed by atoms with van der Waals surface area (Å²) in [5, 5.41) is 5.71. The molecule has 1 atom stereocenters. The van der Waals surface area contributed by atoms with Crippen LogP contribution in [0.5, 0.6) is 0 Å². The minimum Gasteiger partial charge on any atom is -0.397 e. The van der Waals surface area contributed by atoms with Crippen molar-refractivity contribution >= 4 is 17.0 Å². The molecule has 5 nitrogen and oxygen atoms in total. The van der Waals surface area contributed by atoms with E-state index >= 15 is 0 Å². The van der Waals surface area contributed by atoms with E-state index in [1.807, 2.05) is 18.4 Å². The van der Waals surface area contributed by atoms with Crippen LogP contribution >= 0.6 is 11.3 Å². The summed E-state index contributed by atoms with van der Waals surface area (Å²) < 4.78 is 10.2. The van der Waals surface area contributed by atoms with Crippen molar-refractivity contribution in [1.82, 2.24) is 10.1 Å². The van der Waals surface area contributed by atoms with Gasteiger partial charge < -0.3 is 15.0 Å². The third kappa shape index (κ3) is 1.86. The first-order chi connectivity index (χ1) is 7.22. The molecule has 0 fully saturated rings. The Morgan fingerprint density at radius 1 is 1.60 bits per heavy atom. The van der Waals surface area contributed by atoms with Gasteiger partial charge in [0.25, 0.3) is 5.89 Å². The summed E-state index contributed by atoms with van der Waals surface area (Å²) in [4.78, 5) is 5.01. The summed E-state index contributed by atoms with van der Waals surface area (Å²) in [5.41, 5.74) is 6.39. The van der Waals surface area contributed by atoms with Crippen LogP contribution in [0.2, 0.25) is 0 Å². The molecule has 80 valence electrons. The van der Waals surface area contributed by atoms with Gasteiger partial charge in [-0.2, -0.15) is 4.98 Å². The minimum absolute atomic E-state index is 0.177. The number of nitrogens with two attached hydrogens (primary N) is 1. The highest BCUT2D eigenvalue weighted by molar-refractivity contribution is 7.14. The molecule has 0 saturated heterocycles. The first-order valence-corrected chi connectivity index (χ1v) is 5.30. The number of rotatable bonds is 3. The molecule has 2 N–H and O–H groups in total. The van der Waals surface area contributed by atoms with Crippen molar-refractivity contribution in [2.75, 3.05) is 12.8 Å². The summed E-state index contributed by atoms with van der Waals surface area (Å²) in [6.45, 7) is 1.85. The van der Waals surface area contributed by atoms with E-state index in [0.717, 1.165) is 4.88 Å². The molecule has 0 saturated carbocycles. The standard InChI is InChI=1S/C9H11N3O2S/c1-5(13-2)8-11-9(14-12-8)7-6(10)3-4-15-7/h3-5H,10H2,1-2H3. The van der Waals surface area contributed by atoms with E-state index in [2.05, 4.69) is 10.1 Å². The molecular weight excluding hydrogens is 214 g/mol. The van der Waals surface area contributed by atoms with Crippen molar-refractivity contribution in [3.63, 3.8) is 0 Å². The van der Waals surface area contributed by atoms with Gasteiger partial charge in [0.05, 0.1) is 5.69 Å². The van der Waals surface area contributed by atoms with Crippen molar-refractivity contribution in [2.45, 2.75) is 13.0 Å². The van der Waals surface area contributed by atoms with Gasteiger partial charge in [-0.05, 0) is 18.4 Å². The summed E-state index contributed by atoms with van der Waals surface area (Å²) in [6.07, 6.45) is -0.177. The van der Waals surface area contributed by atoms with E-state index < -0.39 is 0 Å². The zero-order valence-corrected chi connectivity index (χ0v) is 9.25. The van der Waals surface area contributed by atoms with Crippen LogP contribution in [0.4, 0.5) is 5.69 Å². The second kappa shape index (κ2) is 4.00. The number of nitrogen functional groups attached to an aromatic ring is 1. The zero-order valence-electron chi connectivity index (χ0n) is 8.43. The van der Waals surface area contributed by atoms with Crippen LogP contribution in [0.3, 0.4) is 0 Å². The number of aromatic nitrogens is 2. The summed E-state index contributed by atoms with van der Waals surface area (Å²) in [6, 6.07) is 1.81. The number of anilines is 1. The maximum atomic E-state index is 5.74. The van der Waals surface area contributed by atoms with Crippen molar-refractivity contribution in [1.29, 1.82) is 0 Å². The van der Waals surface area contributed by atoms with Gasteiger partial charge in [-0.1, -0.05) is 5.16 Å². The van der Waals surface area contributed by atoms with E-state index in [0.29, 0.717) is 17.4 Å². The zero-order chi connectivity index (χ0) is 10.8. The Morgan fingerprint density at radius 3 is 3.00 bits per heavy atom. The summed E-state index contributed by atoms with van der Waals surface area (Å²) in [7, 11) is 1.60. The highest BCUT2D eigenvalue weighted by atomic mass is 32.1. The van der Waals surface area contributed by atoms with Crippen LogP contribution in [-0.4, -0.2) is 17.3 Å². The van der Waals surface area contributed by atoms with Crippen LogP contribution in [0, 0.1) is 0 Å². The molecule has 2 aromatic rings. The van der Waals surface area contributed by atoms with E-state index in [9.17, 15) is 0 Å². The van der Waals surface area contributed by atoms with Gasteiger partial charge in [-0.3, -0.25) is 0 Å². The van der Waals surface area contributed by atoms with Gasteiger partial charge in [0.1, 0.15) is 11.0 Å². The number of methoxy groups -OCH3 is 1. The SMILES string of the molecule is COC(C)c1noc(-c2sccc2N)n1. The molecule has 0 aliphatic rings. The molecule has 2 heterocycles. The molecule has 0 spiro atoms. The maximum absolute atomic E-state index is 5.74. The third-order valence-corrected chi connectivity index (χ3v) is 2.97. The van der Waals surface area contributed by atoms with Gasteiger partial charge in [-0.25, -0.2) is 0 Å². The van der Waals surface area contributed by atoms with E-state index in [4.69, 9.17) is 15.0 Å². The fourth-order valence-corrected chi connectivity index (χ4v) is 1.83. The Labute approximate surface area is 90.9 Å². The number of ether oxygens (including phenoxy) is 1. The molecule has 2 aromatic heterocycles.